The highest BCUT2D eigenvalue weighted by Gasteiger charge is 2.11. The average molecular weight is 332 g/mol. The maximum atomic E-state index is 11.8. The first-order chi connectivity index (χ1) is 11.1. The molecule has 0 spiro atoms. The van der Waals surface area contributed by atoms with Crippen LogP contribution in [0.1, 0.15) is 22.8 Å². The number of ether oxygens (including phenoxy) is 1. The van der Waals surface area contributed by atoms with Gasteiger partial charge in [0.2, 0.25) is 0 Å². The van der Waals surface area contributed by atoms with Crippen molar-refractivity contribution in [2.24, 2.45) is 0 Å². The third-order valence-corrected chi connectivity index (χ3v) is 3.49. The number of halogens is 1. The summed E-state index contributed by atoms with van der Waals surface area (Å²) in [5, 5.41) is 3.24. The van der Waals surface area contributed by atoms with E-state index in [1.165, 1.54) is 13.0 Å². The van der Waals surface area contributed by atoms with Crippen molar-refractivity contribution in [3.8, 4) is 5.75 Å². The van der Waals surface area contributed by atoms with Gasteiger partial charge in [-0.2, -0.15) is 0 Å². The normalized spacial score (nSPS) is 10.2. The number of carbonyl (C=O) groups excluding carboxylic acids is 2. The summed E-state index contributed by atoms with van der Waals surface area (Å²) in [7, 11) is 0. The minimum absolute atomic E-state index is 0.142. The van der Waals surface area contributed by atoms with Gasteiger partial charge in [0.25, 0.3) is 5.91 Å². The summed E-state index contributed by atoms with van der Waals surface area (Å²) in [4.78, 5) is 23.4. The fourth-order valence-electron chi connectivity index (χ4n) is 2.09. The molecule has 1 N–H and O–H groups in total. The number of benzene rings is 2. The molecule has 0 heterocycles. The topological polar surface area (TPSA) is 55.4 Å². The Morgan fingerprint density at radius 2 is 1.87 bits per heavy atom. The number of ketones is 1. The molecule has 120 valence electrons. The second-order valence-electron chi connectivity index (χ2n) is 5.07. The van der Waals surface area contributed by atoms with Gasteiger partial charge in [0, 0.05) is 11.6 Å². The minimum atomic E-state index is -0.231. The molecule has 0 aliphatic carbocycles. The molecule has 0 aromatic heterocycles. The molecular formula is C18H18ClNO3. The Kier molecular flexibility index (Phi) is 6.18. The Bertz CT molecular complexity index is 686. The highest BCUT2D eigenvalue weighted by atomic mass is 35.5. The van der Waals surface area contributed by atoms with Crippen molar-refractivity contribution in [1.82, 2.24) is 5.32 Å². The van der Waals surface area contributed by atoms with E-state index in [9.17, 15) is 9.59 Å². The zero-order chi connectivity index (χ0) is 16.7. The molecule has 0 aliphatic rings. The van der Waals surface area contributed by atoms with Gasteiger partial charge in [-0.1, -0.05) is 41.9 Å². The van der Waals surface area contributed by atoms with Gasteiger partial charge < -0.3 is 10.1 Å². The van der Waals surface area contributed by atoms with Crippen LogP contribution >= 0.6 is 11.6 Å². The van der Waals surface area contributed by atoms with E-state index in [0.29, 0.717) is 22.9 Å². The maximum absolute atomic E-state index is 11.8. The standard InChI is InChI=1S/C18H18ClNO3/c1-13(21)16-11-15(19)7-8-17(16)23-12-18(22)20-10-9-14-5-3-2-4-6-14/h2-8,11H,9-10,12H2,1H3,(H,20,22). The van der Waals surface area contributed by atoms with Crippen molar-refractivity contribution in [1.29, 1.82) is 0 Å². The van der Waals surface area contributed by atoms with Crippen molar-refractivity contribution < 1.29 is 14.3 Å². The third kappa shape index (κ3) is 5.42. The molecule has 0 bridgehead atoms. The van der Waals surface area contributed by atoms with Gasteiger partial charge in [-0.05, 0) is 37.1 Å². The van der Waals surface area contributed by atoms with E-state index in [-0.39, 0.29) is 18.3 Å². The molecule has 0 saturated carbocycles. The van der Waals surface area contributed by atoms with Gasteiger partial charge >= 0.3 is 0 Å². The van der Waals surface area contributed by atoms with Crippen LogP contribution in [0.3, 0.4) is 0 Å². The van der Waals surface area contributed by atoms with Gasteiger partial charge in [0.05, 0.1) is 5.56 Å². The minimum Gasteiger partial charge on any atom is -0.483 e. The second-order valence-corrected chi connectivity index (χ2v) is 5.51. The number of amides is 1. The lowest BCUT2D eigenvalue weighted by atomic mass is 10.1. The SMILES string of the molecule is CC(=O)c1cc(Cl)ccc1OCC(=O)NCCc1ccccc1. The second kappa shape index (κ2) is 8.34. The summed E-state index contributed by atoms with van der Waals surface area (Å²) < 4.78 is 5.43. The lowest BCUT2D eigenvalue weighted by Gasteiger charge is -2.10. The Morgan fingerprint density at radius 1 is 1.13 bits per heavy atom. The Morgan fingerprint density at radius 3 is 2.57 bits per heavy atom. The zero-order valence-corrected chi connectivity index (χ0v) is 13.6. The largest absolute Gasteiger partial charge is 0.483 e. The van der Waals surface area contributed by atoms with Gasteiger partial charge in [0.1, 0.15) is 5.75 Å². The number of rotatable bonds is 7. The van der Waals surface area contributed by atoms with Crippen molar-refractivity contribution >= 4 is 23.3 Å². The van der Waals surface area contributed by atoms with E-state index in [0.717, 1.165) is 12.0 Å². The molecule has 23 heavy (non-hydrogen) atoms. The first-order valence-corrected chi connectivity index (χ1v) is 7.68. The number of Topliss-reactive ketones (excluding diaryl/α,β-unsaturated/α-hetero) is 1. The molecule has 0 fully saturated rings. The van der Waals surface area contributed by atoms with Gasteiger partial charge in [-0.25, -0.2) is 0 Å². The monoisotopic (exact) mass is 331 g/mol. The Hall–Kier alpha value is -2.33. The van der Waals surface area contributed by atoms with Crippen LogP contribution in [0.15, 0.2) is 48.5 Å². The lowest BCUT2D eigenvalue weighted by molar-refractivity contribution is -0.123. The van der Waals surface area contributed by atoms with E-state index >= 15 is 0 Å². The van der Waals surface area contributed by atoms with Crippen molar-refractivity contribution in [2.75, 3.05) is 13.2 Å². The zero-order valence-electron chi connectivity index (χ0n) is 12.8. The molecule has 0 aliphatic heterocycles. The van der Waals surface area contributed by atoms with E-state index in [4.69, 9.17) is 16.3 Å². The summed E-state index contributed by atoms with van der Waals surface area (Å²) in [6.07, 6.45) is 0.756. The molecule has 5 heteroatoms. The Balaban J connectivity index is 1.81. The van der Waals surface area contributed by atoms with Crippen LogP contribution in [0.4, 0.5) is 0 Å². The van der Waals surface area contributed by atoms with Crippen LogP contribution < -0.4 is 10.1 Å². The van der Waals surface area contributed by atoms with Crippen LogP contribution in [0.5, 0.6) is 5.75 Å². The first-order valence-electron chi connectivity index (χ1n) is 7.30. The van der Waals surface area contributed by atoms with Crippen LogP contribution in [-0.2, 0) is 11.2 Å². The van der Waals surface area contributed by atoms with Crippen molar-refractivity contribution in [2.45, 2.75) is 13.3 Å². The molecule has 1 amide bonds. The first kappa shape index (κ1) is 17.0. The van der Waals surface area contributed by atoms with Gasteiger partial charge in [-0.15, -0.1) is 0 Å². The van der Waals surface area contributed by atoms with Crippen LogP contribution in [0.25, 0.3) is 0 Å². The maximum Gasteiger partial charge on any atom is 0.257 e. The van der Waals surface area contributed by atoms with E-state index < -0.39 is 0 Å². The summed E-state index contributed by atoms with van der Waals surface area (Å²) in [5.74, 6) is -0.0301. The Labute approximate surface area is 140 Å². The molecular weight excluding hydrogens is 314 g/mol. The lowest BCUT2D eigenvalue weighted by Crippen LogP contribution is -2.30. The highest BCUT2D eigenvalue weighted by Crippen LogP contribution is 2.23. The highest BCUT2D eigenvalue weighted by molar-refractivity contribution is 6.31. The fraction of sp³-hybridized carbons (Fsp3) is 0.222. The number of nitrogens with one attached hydrogen (secondary N) is 1. The fourth-order valence-corrected chi connectivity index (χ4v) is 2.26. The quantitative estimate of drug-likeness (QED) is 0.792. The van der Waals surface area contributed by atoms with E-state index in [1.54, 1.807) is 12.1 Å². The molecule has 0 unspecified atom stereocenters. The molecule has 4 nitrogen and oxygen atoms in total. The molecule has 2 rings (SSSR count). The van der Waals surface area contributed by atoms with Crippen LogP contribution in [0, 0.1) is 0 Å². The predicted molar refractivity (Wildman–Crippen MR) is 90.1 cm³/mol. The van der Waals surface area contributed by atoms with Crippen LogP contribution in [0.2, 0.25) is 5.02 Å². The molecule has 2 aromatic rings. The molecule has 2 aromatic carbocycles. The number of hydrogen-bond donors (Lipinski definition) is 1. The molecule has 0 radical (unpaired) electrons. The summed E-state index contributed by atoms with van der Waals surface area (Å²) in [5.41, 5.74) is 1.53. The predicted octanol–water partition coefficient (Wildman–Crippen LogP) is 3.28. The average Bonchev–Trinajstić information content (AvgIpc) is 2.54. The third-order valence-electron chi connectivity index (χ3n) is 3.26. The molecule has 0 atom stereocenters. The smallest absolute Gasteiger partial charge is 0.257 e. The van der Waals surface area contributed by atoms with Crippen LogP contribution in [-0.4, -0.2) is 24.8 Å². The number of hydrogen-bond acceptors (Lipinski definition) is 3. The van der Waals surface area contributed by atoms with Gasteiger partial charge in [0.15, 0.2) is 12.4 Å². The summed E-state index contributed by atoms with van der Waals surface area (Å²) in [6, 6.07) is 14.6. The van der Waals surface area contributed by atoms with E-state index in [1.807, 2.05) is 30.3 Å². The van der Waals surface area contributed by atoms with Crippen molar-refractivity contribution in [3.05, 3.63) is 64.7 Å². The summed E-state index contributed by atoms with van der Waals surface area (Å²) >= 11 is 5.86. The van der Waals surface area contributed by atoms with Gasteiger partial charge in [-0.3, -0.25) is 9.59 Å². The molecule has 0 saturated heterocycles. The number of carbonyl (C=O) groups is 2. The van der Waals surface area contributed by atoms with E-state index in [2.05, 4.69) is 5.32 Å². The summed E-state index contributed by atoms with van der Waals surface area (Å²) in [6.45, 7) is 1.82. The van der Waals surface area contributed by atoms with Crippen molar-refractivity contribution in [3.63, 3.8) is 0 Å².